The first-order valence-corrected chi connectivity index (χ1v) is 8.18. The molecule has 0 unspecified atom stereocenters. The molecule has 23 heavy (non-hydrogen) atoms. The molecule has 5 nitrogen and oxygen atoms in total. The molecule has 2 aromatic rings. The van der Waals surface area contributed by atoms with Crippen LogP contribution in [0, 0.1) is 5.92 Å². The molecule has 5 heteroatoms. The number of likely N-dealkylation sites (tertiary alicyclic amines) is 1. The van der Waals surface area contributed by atoms with E-state index in [0.717, 1.165) is 16.5 Å². The maximum absolute atomic E-state index is 12.4. The summed E-state index contributed by atoms with van der Waals surface area (Å²) in [6.45, 7) is 5.24. The highest BCUT2D eigenvalue weighted by Gasteiger charge is 2.36. The number of amides is 2. The molecule has 1 fully saturated rings. The first kappa shape index (κ1) is 15.6. The molecular weight excluding hydrogens is 290 g/mol. The predicted molar refractivity (Wildman–Crippen MR) is 89.7 cm³/mol. The molecule has 0 aliphatic carbocycles. The number of aromatic amines is 1. The minimum Gasteiger partial charge on any atom is -0.361 e. The van der Waals surface area contributed by atoms with Crippen LogP contribution in [0.15, 0.2) is 30.5 Å². The van der Waals surface area contributed by atoms with Gasteiger partial charge in [0.15, 0.2) is 0 Å². The molecule has 122 valence electrons. The minimum absolute atomic E-state index is 0.0376. The summed E-state index contributed by atoms with van der Waals surface area (Å²) in [5.74, 6) is 0.419. The number of hydrogen-bond donors (Lipinski definition) is 2. The van der Waals surface area contributed by atoms with E-state index in [2.05, 4.69) is 24.1 Å². The summed E-state index contributed by atoms with van der Waals surface area (Å²) < 4.78 is 0. The van der Waals surface area contributed by atoms with E-state index in [0.29, 0.717) is 31.8 Å². The lowest BCUT2D eigenvalue weighted by molar-refractivity contribution is -0.135. The van der Waals surface area contributed by atoms with Crippen LogP contribution >= 0.6 is 0 Å². The zero-order valence-electron chi connectivity index (χ0n) is 13.6. The highest BCUT2D eigenvalue weighted by molar-refractivity contribution is 5.91. The lowest BCUT2D eigenvalue weighted by atomic mass is 10.1. The van der Waals surface area contributed by atoms with Gasteiger partial charge in [0, 0.05) is 36.6 Å². The van der Waals surface area contributed by atoms with Crippen molar-refractivity contribution in [3.8, 4) is 0 Å². The Kier molecular flexibility index (Phi) is 4.37. The fourth-order valence-electron chi connectivity index (χ4n) is 3.07. The third-order valence-electron chi connectivity index (χ3n) is 4.33. The van der Waals surface area contributed by atoms with Crippen molar-refractivity contribution in [2.24, 2.45) is 5.92 Å². The van der Waals surface area contributed by atoms with E-state index in [1.807, 2.05) is 30.5 Å². The Morgan fingerprint density at radius 2 is 2.17 bits per heavy atom. The Hall–Kier alpha value is -2.30. The van der Waals surface area contributed by atoms with Gasteiger partial charge in [0.05, 0.1) is 0 Å². The number of aromatic nitrogens is 1. The van der Waals surface area contributed by atoms with Crippen molar-refractivity contribution in [1.82, 2.24) is 15.2 Å². The molecule has 1 saturated heterocycles. The van der Waals surface area contributed by atoms with Crippen LogP contribution in [0.2, 0.25) is 0 Å². The lowest BCUT2D eigenvalue weighted by Crippen LogP contribution is -2.45. The number of benzene rings is 1. The number of H-pyrrole nitrogens is 1. The third-order valence-corrected chi connectivity index (χ3v) is 4.33. The molecule has 3 rings (SSSR count). The van der Waals surface area contributed by atoms with Gasteiger partial charge in [-0.25, -0.2) is 0 Å². The molecule has 2 N–H and O–H groups in total. The average Bonchev–Trinajstić information content (AvgIpc) is 3.10. The number of rotatable bonds is 5. The summed E-state index contributed by atoms with van der Waals surface area (Å²) in [6, 6.07) is 7.66. The predicted octanol–water partition coefficient (Wildman–Crippen LogP) is 2.43. The second kappa shape index (κ2) is 6.44. The van der Waals surface area contributed by atoms with Crippen molar-refractivity contribution in [3.05, 3.63) is 36.0 Å². The maximum atomic E-state index is 12.4. The van der Waals surface area contributed by atoms with Crippen LogP contribution in [-0.4, -0.2) is 34.3 Å². The maximum Gasteiger partial charge on any atom is 0.242 e. The zero-order chi connectivity index (χ0) is 16.4. The standard InChI is InChI=1S/C18H23N3O2/c1-12(2)9-20-18(23)16-7-8-17(22)21(16)11-13-10-19-15-6-4-3-5-14(13)15/h3-6,10,12,16,19H,7-9,11H2,1-2H3,(H,20,23)/t16-/m1/s1. The first-order valence-electron chi connectivity index (χ1n) is 8.18. The smallest absolute Gasteiger partial charge is 0.242 e. The number of nitrogens with zero attached hydrogens (tertiary/aromatic N) is 1. The number of hydrogen-bond acceptors (Lipinski definition) is 2. The summed E-state index contributed by atoms with van der Waals surface area (Å²) >= 11 is 0. The summed E-state index contributed by atoms with van der Waals surface area (Å²) in [5, 5.41) is 4.06. The van der Waals surface area contributed by atoms with Crippen LogP contribution in [-0.2, 0) is 16.1 Å². The Morgan fingerprint density at radius 3 is 2.96 bits per heavy atom. The molecular formula is C18H23N3O2. The van der Waals surface area contributed by atoms with Crippen LogP contribution in [0.1, 0.15) is 32.3 Å². The van der Waals surface area contributed by atoms with Gasteiger partial charge >= 0.3 is 0 Å². The molecule has 0 bridgehead atoms. The van der Waals surface area contributed by atoms with Gasteiger partial charge in [0.2, 0.25) is 11.8 Å². The van der Waals surface area contributed by atoms with Crippen molar-refractivity contribution < 1.29 is 9.59 Å². The van der Waals surface area contributed by atoms with Gasteiger partial charge in [-0.1, -0.05) is 32.0 Å². The average molecular weight is 313 g/mol. The van der Waals surface area contributed by atoms with Crippen molar-refractivity contribution in [2.45, 2.75) is 39.3 Å². The van der Waals surface area contributed by atoms with Gasteiger partial charge < -0.3 is 15.2 Å². The number of carbonyl (C=O) groups is 2. The molecule has 1 atom stereocenters. The summed E-state index contributed by atoms with van der Waals surface area (Å²) in [7, 11) is 0. The van der Waals surface area contributed by atoms with Crippen molar-refractivity contribution in [1.29, 1.82) is 0 Å². The van der Waals surface area contributed by atoms with Gasteiger partial charge in [0.25, 0.3) is 0 Å². The van der Waals surface area contributed by atoms with Gasteiger partial charge in [-0.05, 0) is 24.0 Å². The van der Waals surface area contributed by atoms with E-state index >= 15 is 0 Å². The number of nitrogens with one attached hydrogen (secondary N) is 2. The molecule has 2 amide bonds. The van der Waals surface area contributed by atoms with Gasteiger partial charge in [0.1, 0.15) is 6.04 Å². The third kappa shape index (κ3) is 3.23. The minimum atomic E-state index is -0.352. The van der Waals surface area contributed by atoms with Crippen LogP contribution in [0.25, 0.3) is 10.9 Å². The largest absolute Gasteiger partial charge is 0.361 e. The fourth-order valence-corrected chi connectivity index (χ4v) is 3.07. The van der Waals surface area contributed by atoms with Crippen molar-refractivity contribution in [2.75, 3.05) is 6.54 Å². The summed E-state index contributed by atoms with van der Waals surface area (Å²) in [6.07, 6.45) is 2.98. The molecule has 0 spiro atoms. The van der Waals surface area contributed by atoms with Crippen LogP contribution in [0.3, 0.4) is 0 Å². The second-order valence-corrected chi connectivity index (χ2v) is 6.57. The van der Waals surface area contributed by atoms with Crippen LogP contribution in [0.4, 0.5) is 0 Å². The zero-order valence-corrected chi connectivity index (χ0v) is 13.6. The Labute approximate surface area is 136 Å². The number of para-hydroxylation sites is 1. The number of fused-ring (bicyclic) bond motifs is 1. The number of carbonyl (C=O) groups excluding carboxylic acids is 2. The second-order valence-electron chi connectivity index (χ2n) is 6.57. The highest BCUT2D eigenvalue weighted by atomic mass is 16.2. The van der Waals surface area contributed by atoms with E-state index < -0.39 is 0 Å². The first-order chi connectivity index (χ1) is 11.1. The molecule has 0 saturated carbocycles. The highest BCUT2D eigenvalue weighted by Crippen LogP contribution is 2.25. The van der Waals surface area contributed by atoms with Crippen molar-refractivity contribution in [3.63, 3.8) is 0 Å². The van der Waals surface area contributed by atoms with E-state index in [-0.39, 0.29) is 17.9 Å². The van der Waals surface area contributed by atoms with Gasteiger partial charge in [-0.3, -0.25) is 9.59 Å². The quantitative estimate of drug-likeness (QED) is 0.890. The van der Waals surface area contributed by atoms with Crippen molar-refractivity contribution >= 4 is 22.7 Å². The van der Waals surface area contributed by atoms with E-state index in [1.54, 1.807) is 4.90 Å². The molecule has 1 aromatic heterocycles. The Morgan fingerprint density at radius 1 is 1.39 bits per heavy atom. The normalized spacial score (nSPS) is 18.1. The topological polar surface area (TPSA) is 65.2 Å². The van der Waals surface area contributed by atoms with Crippen LogP contribution < -0.4 is 5.32 Å². The summed E-state index contributed by atoms with van der Waals surface area (Å²) in [5.41, 5.74) is 2.10. The Balaban J connectivity index is 1.76. The van der Waals surface area contributed by atoms with E-state index in [1.165, 1.54) is 0 Å². The molecule has 1 aromatic carbocycles. The molecule has 2 heterocycles. The summed E-state index contributed by atoms with van der Waals surface area (Å²) in [4.78, 5) is 29.5. The van der Waals surface area contributed by atoms with E-state index in [9.17, 15) is 9.59 Å². The monoisotopic (exact) mass is 313 g/mol. The lowest BCUT2D eigenvalue weighted by Gasteiger charge is -2.24. The van der Waals surface area contributed by atoms with Gasteiger partial charge in [-0.15, -0.1) is 0 Å². The molecule has 0 radical (unpaired) electrons. The van der Waals surface area contributed by atoms with E-state index in [4.69, 9.17) is 0 Å². The molecule has 1 aliphatic rings. The Bertz CT molecular complexity index is 720. The fraction of sp³-hybridized carbons (Fsp3) is 0.444. The van der Waals surface area contributed by atoms with Crippen LogP contribution in [0.5, 0.6) is 0 Å². The molecule has 1 aliphatic heterocycles. The SMILES string of the molecule is CC(C)CNC(=O)[C@H]1CCC(=O)N1Cc1c[nH]c2ccccc12. The van der Waals surface area contributed by atoms with Gasteiger partial charge in [-0.2, -0.15) is 0 Å².